The van der Waals surface area contributed by atoms with Crippen molar-refractivity contribution in [3.05, 3.63) is 51.7 Å². The highest BCUT2D eigenvalue weighted by Gasteiger charge is 2.11. The largest absolute Gasteiger partial charge is 0.322 e. The summed E-state index contributed by atoms with van der Waals surface area (Å²) in [6.45, 7) is 2.81. The lowest BCUT2D eigenvalue weighted by molar-refractivity contribution is 0.629. The summed E-state index contributed by atoms with van der Waals surface area (Å²) < 4.78 is 15.3. The van der Waals surface area contributed by atoms with Gasteiger partial charge < -0.3 is 4.57 Å². The van der Waals surface area contributed by atoms with E-state index in [1.54, 1.807) is 17.4 Å². The number of aromatic nitrogens is 2. The van der Waals surface area contributed by atoms with Crippen molar-refractivity contribution < 1.29 is 4.39 Å². The van der Waals surface area contributed by atoms with Gasteiger partial charge in [0.1, 0.15) is 11.6 Å². The predicted molar refractivity (Wildman–Crippen MR) is 77.4 cm³/mol. The number of alkyl halides is 1. The number of nitrogens with zero attached hydrogens (tertiary/aromatic N) is 2. The Morgan fingerprint density at radius 1 is 1.32 bits per heavy atom. The zero-order valence-electron chi connectivity index (χ0n) is 10.4. The lowest BCUT2D eigenvalue weighted by Crippen LogP contribution is -2.02. The van der Waals surface area contributed by atoms with Crippen molar-refractivity contribution in [2.75, 3.05) is 0 Å². The Kier molecular flexibility index (Phi) is 3.29. The highest BCUT2D eigenvalue weighted by Crippen LogP contribution is 2.23. The van der Waals surface area contributed by atoms with Gasteiger partial charge in [-0.15, -0.1) is 22.9 Å². The van der Waals surface area contributed by atoms with Crippen LogP contribution in [0.3, 0.4) is 0 Å². The van der Waals surface area contributed by atoms with E-state index >= 15 is 0 Å². The van der Waals surface area contributed by atoms with E-state index < -0.39 is 0 Å². The standard InChI is InChI=1S/C14H12ClFN2S/c1-9-2-4-11(19-9)8-18-13-5-3-10(16)6-12(13)17-14(18)7-15/h2-6H,7-8H2,1H3. The van der Waals surface area contributed by atoms with Crippen molar-refractivity contribution in [2.45, 2.75) is 19.3 Å². The molecule has 3 aromatic rings. The summed E-state index contributed by atoms with van der Waals surface area (Å²) in [6.07, 6.45) is 0. The summed E-state index contributed by atoms with van der Waals surface area (Å²) in [7, 11) is 0. The molecule has 0 spiro atoms. The molecule has 0 fully saturated rings. The number of thiophene rings is 1. The first-order valence-electron chi connectivity index (χ1n) is 5.93. The van der Waals surface area contributed by atoms with Crippen LogP contribution in [-0.2, 0) is 12.4 Å². The maximum Gasteiger partial charge on any atom is 0.125 e. The number of imidazole rings is 1. The molecule has 0 N–H and O–H groups in total. The molecule has 0 amide bonds. The van der Waals surface area contributed by atoms with E-state index in [4.69, 9.17) is 11.6 Å². The van der Waals surface area contributed by atoms with E-state index in [1.165, 1.54) is 21.9 Å². The maximum absolute atomic E-state index is 13.2. The summed E-state index contributed by atoms with van der Waals surface area (Å²) in [5.74, 6) is 0.819. The molecule has 0 aliphatic heterocycles. The van der Waals surface area contributed by atoms with Crippen LogP contribution < -0.4 is 0 Å². The first-order valence-corrected chi connectivity index (χ1v) is 7.28. The third-order valence-corrected chi connectivity index (χ3v) is 4.24. The lowest BCUT2D eigenvalue weighted by Gasteiger charge is -2.05. The molecule has 0 aliphatic rings. The zero-order chi connectivity index (χ0) is 13.4. The summed E-state index contributed by atoms with van der Waals surface area (Å²) in [4.78, 5) is 6.91. The summed E-state index contributed by atoms with van der Waals surface area (Å²) >= 11 is 7.69. The fourth-order valence-electron chi connectivity index (χ4n) is 2.16. The summed E-state index contributed by atoms with van der Waals surface area (Å²) in [5, 5.41) is 0. The van der Waals surface area contributed by atoms with Gasteiger partial charge in [0, 0.05) is 15.8 Å². The number of aryl methyl sites for hydroxylation is 1. The van der Waals surface area contributed by atoms with Gasteiger partial charge in [0.15, 0.2) is 0 Å². The van der Waals surface area contributed by atoms with Crippen molar-refractivity contribution >= 4 is 34.0 Å². The van der Waals surface area contributed by atoms with E-state index in [-0.39, 0.29) is 5.82 Å². The minimum Gasteiger partial charge on any atom is -0.322 e. The Balaban J connectivity index is 2.10. The van der Waals surface area contributed by atoms with Gasteiger partial charge in [-0.25, -0.2) is 9.37 Å². The minimum atomic E-state index is -0.273. The Morgan fingerprint density at radius 2 is 2.16 bits per heavy atom. The van der Waals surface area contributed by atoms with Crippen LogP contribution in [0.4, 0.5) is 4.39 Å². The molecular weight excluding hydrogens is 283 g/mol. The van der Waals surface area contributed by atoms with Crippen LogP contribution >= 0.6 is 22.9 Å². The van der Waals surface area contributed by atoms with Crippen LogP contribution in [0.1, 0.15) is 15.6 Å². The second-order valence-corrected chi connectivity index (χ2v) is 6.03. The second-order valence-electron chi connectivity index (χ2n) is 4.39. The van der Waals surface area contributed by atoms with Crippen molar-refractivity contribution in [1.29, 1.82) is 0 Å². The molecule has 0 atom stereocenters. The van der Waals surface area contributed by atoms with Gasteiger partial charge in [-0.1, -0.05) is 0 Å². The minimum absolute atomic E-state index is 0.273. The maximum atomic E-state index is 13.2. The Hall–Kier alpha value is -1.39. The molecule has 98 valence electrons. The van der Waals surface area contributed by atoms with Gasteiger partial charge in [0.05, 0.1) is 23.5 Å². The van der Waals surface area contributed by atoms with Crippen LogP contribution in [0, 0.1) is 12.7 Å². The Bertz CT molecular complexity index is 732. The molecule has 19 heavy (non-hydrogen) atoms. The topological polar surface area (TPSA) is 17.8 Å². The van der Waals surface area contributed by atoms with Crippen molar-refractivity contribution in [2.24, 2.45) is 0 Å². The van der Waals surface area contributed by atoms with E-state index in [0.29, 0.717) is 11.4 Å². The zero-order valence-corrected chi connectivity index (χ0v) is 11.9. The van der Waals surface area contributed by atoms with Gasteiger partial charge in [0.2, 0.25) is 0 Å². The first kappa shape index (κ1) is 12.6. The smallest absolute Gasteiger partial charge is 0.125 e. The quantitative estimate of drug-likeness (QED) is 0.657. The number of benzene rings is 1. The van der Waals surface area contributed by atoms with Crippen LogP contribution in [-0.4, -0.2) is 9.55 Å². The second kappa shape index (κ2) is 4.94. The first-order chi connectivity index (χ1) is 9.17. The predicted octanol–water partition coefficient (Wildman–Crippen LogP) is 4.33. The average Bonchev–Trinajstić information content (AvgIpc) is 2.94. The summed E-state index contributed by atoms with van der Waals surface area (Å²) in [5.41, 5.74) is 1.58. The third kappa shape index (κ3) is 2.38. The SMILES string of the molecule is Cc1ccc(Cn2c(CCl)nc3cc(F)ccc32)s1. The molecule has 0 radical (unpaired) electrons. The van der Waals surface area contributed by atoms with Gasteiger partial charge in [-0.3, -0.25) is 0 Å². The van der Waals surface area contributed by atoms with E-state index in [0.717, 1.165) is 17.9 Å². The molecule has 0 saturated carbocycles. The van der Waals surface area contributed by atoms with Gasteiger partial charge in [-0.2, -0.15) is 0 Å². The number of rotatable bonds is 3. The fourth-order valence-corrected chi connectivity index (χ4v) is 3.24. The van der Waals surface area contributed by atoms with Crippen LogP contribution in [0.5, 0.6) is 0 Å². The third-order valence-electron chi connectivity index (χ3n) is 3.02. The number of fused-ring (bicyclic) bond motifs is 1. The Morgan fingerprint density at radius 3 is 2.84 bits per heavy atom. The Labute approximate surface area is 119 Å². The highest BCUT2D eigenvalue weighted by atomic mass is 35.5. The molecule has 2 heterocycles. The van der Waals surface area contributed by atoms with Crippen molar-refractivity contribution in [3.8, 4) is 0 Å². The monoisotopic (exact) mass is 294 g/mol. The number of halogens is 2. The van der Waals surface area contributed by atoms with Crippen molar-refractivity contribution in [1.82, 2.24) is 9.55 Å². The molecule has 1 aromatic carbocycles. The van der Waals surface area contributed by atoms with Crippen LogP contribution in [0.2, 0.25) is 0 Å². The van der Waals surface area contributed by atoms with E-state index in [2.05, 4.69) is 24.0 Å². The van der Waals surface area contributed by atoms with Crippen LogP contribution in [0.25, 0.3) is 11.0 Å². The van der Waals surface area contributed by atoms with Gasteiger partial charge in [0.25, 0.3) is 0 Å². The molecule has 0 bridgehead atoms. The molecule has 3 rings (SSSR count). The van der Waals surface area contributed by atoms with Gasteiger partial charge >= 0.3 is 0 Å². The summed E-state index contributed by atoms with van der Waals surface area (Å²) in [6, 6.07) is 8.86. The van der Waals surface area contributed by atoms with Gasteiger partial charge in [-0.05, 0) is 31.2 Å². The number of hydrogen-bond donors (Lipinski definition) is 0. The molecule has 0 saturated heterocycles. The molecule has 5 heteroatoms. The molecule has 0 aliphatic carbocycles. The van der Waals surface area contributed by atoms with Crippen molar-refractivity contribution in [3.63, 3.8) is 0 Å². The number of hydrogen-bond acceptors (Lipinski definition) is 2. The molecule has 0 unspecified atom stereocenters. The van der Waals surface area contributed by atoms with E-state index in [9.17, 15) is 4.39 Å². The normalized spacial score (nSPS) is 11.3. The molecule has 2 aromatic heterocycles. The van der Waals surface area contributed by atoms with Crippen LogP contribution in [0.15, 0.2) is 30.3 Å². The van der Waals surface area contributed by atoms with E-state index in [1.807, 2.05) is 4.57 Å². The molecule has 2 nitrogen and oxygen atoms in total. The molecular formula is C14H12ClFN2S. The average molecular weight is 295 g/mol. The highest BCUT2D eigenvalue weighted by molar-refractivity contribution is 7.11. The lowest BCUT2D eigenvalue weighted by atomic mass is 10.3. The fraction of sp³-hybridized carbons (Fsp3) is 0.214.